The van der Waals surface area contributed by atoms with Gasteiger partial charge in [-0.1, -0.05) is 26.8 Å². The van der Waals surface area contributed by atoms with Crippen LogP contribution < -0.4 is 4.74 Å². The summed E-state index contributed by atoms with van der Waals surface area (Å²) in [5.41, 5.74) is 1.50. The lowest BCUT2D eigenvalue weighted by atomic mass is 9.87. The first-order chi connectivity index (χ1) is 6.80. The minimum absolute atomic E-state index is 0.180. The van der Waals surface area contributed by atoms with Crippen LogP contribution in [0.15, 0.2) is 18.2 Å². The molecule has 0 aliphatic rings. The highest BCUT2D eigenvalue weighted by atomic mass is 127. The molecule has 0 heterocycles. The van der Waals surface area contributed by atoms with Crippen molar-refractivity contribution in [2.45, 2.75) is 46.1 Å². The third-order valence-corrected chi connectivity index (χ3v) is 3.05. The van der Waals surface area contributed by atoms with Crippen molar-refractivity contribution in [1.29, 1.82) is 0 Å². The molecule has 0 saturated carbocycles. The third kappa shape index (κ3) is 3.67. The minimum atomic E-state index is 0.180. The van der Waals surface area contributed by atoms with Gasteiger partial charge in [0.25, 0.3) is 0 Å². The van der Waals surface area contributed by atoms with Crippen molar-refractivity contribution in [3.63, 3.8) is 0 Å². The molecule has 0 N–H and O–H groups in total. The van der Waals surface area contributed by atoms with E-state index >= 15 is 0 Å². The van der Waals surface area contributed by atoms with E-state index in [0.717, 1.165) is 5.75 Å². The number of benzene rings is 1. The molecule has 0 atom stereocenters. The van der Waals surface area contributed by atoms with Crippen LogP contribution in [0.25, 0.3) is 0 Å². The number of rotatable bonds is 2. The molecule has 0 spiro atoms. The zero-order valence-electron chi connectivity index (χ0n) is 10.1. The Morgan fingerprint density at radius 3 is 2.27 bits per heavy atom. The van der Waals surface area contributed by atoms with Gasteiger partial charge in [-0.3, -0.25) is 0 Å². The molecule has 0 amide bonds. The Hall–Kier alpha value is -0.250. The van der Waals surface area contributed by atoms with Crippen LogP contribution >= 0.6 is 22.6 Å². The zero-order chi connectivity index (χ0) is 11.6. The average Bonchev–Trinajstić information content (AvgIpc) is 2.06. The summed E-state index contributed by atoms with van der Waals surface area (Å²) in [5, 5.41) is 0. The van der Waals surface area contributed by atoms with Crippen LogP contribution in [0.2, 0.25) is 0 Å². The molecule has 15 heavy (non-hydrogen) atoms. The lowest BCUT2D eigenvalue weighted by molar-refractivity contribution is 0.240. The molecular formula is C13H19IO. The molecule has 0 fully saturated rings. The lowest BCUT2D eigenvalue weighted by Gasteiger charge is -2.21. The number of hydrogen-bond acceptors (Lipinski definition) is 1. The first-order valence-electron chi connectivity index (χ1n) is 5.27. The Kier molecular flexibility index (Phi) is 4.04. The Morgan fingerprint density at radius 1 is 1.20 bits per heavy atom. The van der Waals surface area contributed by atoms with E-state index in [0.29, 0.717) is 0 Å². The molecule has 0 radical (unpaired) electrons. The normalized spacial score (nSPS) is 11.9. The monoisotopic (exact) mass is 318 g/mol. The summed E-state index contributed by atoms with van der Waals surface area (Å²) in [4.78, 5) is 0. The van der Waals surface area contributed by atoms with E-state index in [1.165, 1.54) is 9.13 Å². The largest absolute Gasteiger partial charge is 0.490 e. The molecule has 84 valence electrons. The molecule has 0 aromatic heterocycles. The van der Waals surface area contributed by atoms with Crippen molar-refractivity contribution in [2.24, 2.45) is 0 Å². The molecule has 0 unspecified atom stereocenters. The predicted octanol–water partition coefficient (Wildman–Crippen LogP) is 4.38. The number of hydrogen-bond donors (Lipinski definition) is 0. The van der Waals surface area contributed by atoms with Gasteiger partial charge in [-0.2, -0.15) is 0 Å². The van der Waals surface area contributed by atoms with E-state index in [9.17, 15) is 0 Å². The molecule has 1 rings (SSSR count). The molecule has 0 bridgehead atoms. The molecule has 1 aromatic rings. The Labute approximate surface area is 106 Å². The first kappa shape index (κ1) is 12.8. The minimum Gasteiger partial charge on any atom is -0.490 e. The van der Waals surface area contributed by atoms with Gasteiger partial charge < -0.3 is 4.74 Å². The highest BCUT2D eigenvalue weighted by Gasteiger charge is 2.15. The summed E-state index contributed by atoms with van der Waals surface area (Å²) in [5.74, 6) is 0.998. The van der Waals surface area contributed by atoms with Gasteiger partial charge in [0.15, 0.2) is 0 Å². The van der Waals surface area contributed by atoms with Gasteiger partial charge in [-0.25, -0.2) is 0 Å². The first-order valence-corrected chi connectivity index (χ1v) is 6.35. The number of ether oxygens (including phenoxy) is 1. The zero-order valence-corrected chi connectivity index (χ0v) is 12.3. The fraction of sp³-hybridized carbons (Fsp3) is 0.538. The van der Waals surface area contributed by atoms with Gasteiger partial charge in [-0.05, 0) is 59.5 Å². The quantitative estimate of drug-likeness (QED) is 0.736. The summed E-state index contributed by atoms with van der Waals surface area (Å²) in [7, 11) is 0. The van der Waals surface area contributed by atoms with Crippen molar-refractivity contribution >= 4 is 22.6 Å². The van der Waals surface area contributed by atoms with Gasteiger partial charge in [0.1, 0.15) is 5.75 Å². The Bertz CT molecular complexity index is 337. The maximum Gasteiger partial charge on any atom is 0.133 e. The van der Waals surface area contributed by atoms with E-state index in [1.54, 1.807) is 0 Å². The summed E-state index contributed by atoms with van der Waals surface area (Å²) >= 11 is 2.31. The van der Waals surface area contributed by atoms with Crippen molar-refractivity contribution in [3.8, 4) is 5.75 Å². The third-order valence-electron chi connectivity index (χ3n) is 2.16. The van der Waals surface area contributed by atoms with E-state index in [2.05, 4.69) is 75.4 Å². The second kappa shape index (κ2) is 4.73. The van der Waals surface area contributed by atoms with E-state index in [4.69, 9.17) is 4.74 Å². The van der Waals surface area contributed by atoms with E-state index in [-0.39, 0.29) is 11.5 Å². The Morgan fingerprint density at radius 2 is 1.80 bits per heavy atom. The summed E-state index contributed by atoms with van der Waals surface area (Å²) < 4.78 is 6.95. The molecule has 2 heteroatoms. The molecule has 1 nitrogen and oxygen atoms in total. The highest BCUT2D eigenvalue weighted by molar-refractivity contribution is 14.1. The van der Waals surface area contributed by atoms with Gasteiger partial charge in [0.2, 0.25) is 0 Å². The van der Waals surface area contributed by atoms with Crippen molar-refractivity contribution in [2.75, 3.05) is 0 Å². The highest BCUT2D eigenvalue weighted by Crippen LogP contribution is 2.29. The maximum absolute atomic E-state index is 5.77. The van der Waals surface area contributed by atoms with Crippen LogP contribution in [-0.2, 0) is 5.41 Å². The fourth-order valence-electron chi connectivity index (χ4n) is 1.31. The summed E-state index contributed by atoms with van der Waals surface area (Å²) in [6.45, 7) is 10.8. The standard InChI is InChI=1S/C13H19IO/c1-9(2)15-12-8-10(13(3,4)5)6-7-11(12)14/h6-9H,1-5H3. The molecule has 1 aromatic carbocycles. The number of halogens is 1. The van der Waals surface area contributed by atoms with Crippen molar-refractivity contribution in [3.05, 3.63) is 27.3 Å². The summed E-state index contributed by atoms with van der Waals surface area (Å²) in [6, 6.07) is 6.45. The van der Waals surface area contributed by atoms with Crippen LogP contribution in [-0.4, -0.2) is 6.10 Å². The lowest BCUT2D eigenvalue weighted by Crippen LogP contribution is -2.13. The van der Waals surface area contributed by atoms with Crippen molar-refractivity contribution < 1.29 is 4.74 Å². The van der Waals surface area contributed by atoms with Crippen LogP contribution in [0.1, 0.15) is 40.2 Å². The fourth-order valence-corrected chi connectivity index (χ4v) is 1.78. The van der Waals surface area contributed by atoms with E-state index < -0.39 is 0 Å². The second-order valence-electron chi connectivity index (χ2n) is 5.06. The maximum atomic E-state index is 5.77. The molecule has 0 saturated heterocycles. The van der Waals surface area contributed by atoms with Crippen LogP contribution in [0, 0.1) is 3.57 Å². The van der Waals surface area contributed by atoms with Gasteiger partial charge >= 0.3 is 0 Å². The van der Waals surface area contributed by atoms with E-state index in [1.807, 2.05) is 0 Å². The van der Waals surface area contributed by atoms with Gasteiger partial charge in [-0.15, -0.1) is 0 Å². The molecular weight excluding hydrogens is 299 g/mol. The van der Waals surface area contributed by atoms with Crippen LogP contribution in [0.3, 0.4) is 0 Å². The average molecular weight is 318 g/mol. The molecule has 0 aliphatic carbocycles. The Balaban J connectivity index is 3.06. The second-order valence-corrected chi connectivity index (χ2v) is 6.22. The van der Waals surface area contributed by atoms with Crippen molar-refractivity contribution in [1.82, 2.24) is 0 Å². The van der Waals surface area contributed by atoms with Gasteiger partial charge in [0.05, 0.1) is 9.67 Å². The topological polar surface area (TPSA) is 9.23 Å². The smallest absolute Gasteiger partial charge is 0.133 e. The van der Waals surface area contributed by atoms with Crippen LogP contribution in [0.5, 0.6) is 5.75 Å². The predicted molar refractivity (Wildman–Crippen MR) is 73.6 cm³/mol. The summed E-state index contributed by atoms with van der Waals surface area (Å²) in [6.07, 6.45) is 0.230. The SMILES string of the molecule is CC(C)Oc1cc(C(C)(C)C)ccc1I. The molecule has 0 aliphatic heterocycles. The van der Waals surface area contributed by atoms with Crippen LogP contribution in [0.4, 0.5) is 0 Å². The van der Waals surface area contributed by atoms with Gasteiger partial charge in [0, 0.05) is 0 Å².